The van der Waals surface area contributed by atoms with Crippen LogP contribution in [0.4, 0.5) is 0 Å². The van der Waals surface area contributed by atoms with Crippen molar-refractivity contribution >= 4 is 5.91 Å². The highest BCUT2D eigenvalue weighted by atomic mass is 16.3. The molecule has 0 bridgehead atoms. The maximum Gasteiger partial charge on any atom is 0.222 e. The monoisotopic (exact) mass is 392 g/mol. The Labute approximate surface area is 174 Å². The lowest BCUT2D eigenvalue weighted by atomic mass is 9.69. The van der Waals surface area contributed by atoms with E-state index in [1.807, 2.05) is 0 Å². The molecular weight excluding hydrogens is 360 g/mol. The predicted octanol–water partition coefficient (Wildman–Crippen LogP) is 3.30. The van der Waals surface area contributed by atoms with Gasteiger partial charge in [-0.05, 0) is 42.9 Å². The van der Waals surface area contributed by atoms with Gasteiger partial charge < -0.3 is 14.9 Å². The van der Waals surface area contributed by atoms with Crippen molar-refractivity contribution in [2.45, 2.75) is 31.1 Å². The van der Waals surface area contributed by atoms with E-state index in [1.54, 1.807) is 0 Å². The summed E-state index contributed by atoms with van der Waals surface area (Å²) in [6.45, 7) is 4.67. The number of nitrogens with zero attached hydrogens (tertiary/aromatic N) is 2. The first-order valence-electron chi connectivity index (χ1n) is 10.9. The van der Waals surface area contributed by atoms with Crippen LogP contribution in [0, 0.1) is 5.92 Å². The van der Waals surface area contributed by atoms with E-state index >= 15 is 0 Å². The van der Waals surface area contributed by atoms with E-state index in [2.05, 4.69) is 70.5 Å². The van der Waals surface area contributed by atoms with Crippen molar-refractivity contribution in [3.05, 3.63) is 71.8 Å². The van der Waals surface area contributed by atoms with Gasteiger partial charge in [0.2, 0.25) is 5.91 Å². The molecule has 0 aliphatic carbocycles. The minimum atomic E-state index is -0.147. The van der Waals surface area contributed by atoms with Gasteiger partial charge in [0.25, 0.3) is 0 Å². The van der Waals surface area contributed by atoms with Crippen LogP contribution in [0.5, 0.6) is 0 Å². The van der Waals surface area contributed by atoms with Crippen LogP contribution in [-0.2, 0) is 10.2 Å². The minimum Gasteiger partial charge on any atom is -0.396 e. The number of hydrogen-bond acceptors (Lipinski definition) is 3. The van der Waals surface area contributed by atoms with E-state index < -0.39 is 0 Å². The van der Waals surface area contributed by atoms with Crippen LogP contribution in [0.25, 0.3) is 0 Å². The number of hydrogen-bond donors (Lipinski definition) is 1. The molecule has 2 aromatic carbocycles. The number of aliphatic hydroxyl groups excluding tert-OH is 1. The largest absolute Gasteiger partial charge is 0.396 e. The molecule has 2 fully saturated rings. The number of aliphatic hydroxyl groups is 1. The van der Waals surface area contributed by atoms with Crippen molar-refractivity contribution in [3.8, 4) is 0 Å². The Morgan fingerprint density at radius 2 is 1.62 bits per heavy atom. The Hall–Kier alpha value is -2.17. The molecule has 4 rings (SSSR count). The van der Waals surface area contributed by atoms with Crippen LogP contribution in [0.1, 0.15) is 36.8 Å². The Morgan fingerprint density at radius 3 is 2.24 bits per heavy atom. The van der Waals surface area contributed by atoms with Gasteiger partial charge in [-0.15, -0.1) is 0 Å². The van der Waals surface area contributed by atoms with Crippen molar-refractivity contribution in [1.82, 2.24) is 9.80 Å². The second kappa shape index (κ2) is 9.10. The maximum absolute atomic E-state index is 12.8. The van der Waals surface area contributed by atoms with Crippen molar-refractivity contribution in [2.24, 2.45) is 5.92 Å². The maximum atomic E-state index is 12.8. The third kappa shape index (κ3) is 4.39. The Balaban J connectivity index is 1.54. The molecule has 2 aliphatic heterocycles. The van der Waals surface area contributed by atoms with Crippen LogP contribution in [0.2, 0.25) is 0 Å². The Morgan fingerprint density at radius 1 is 0.966 bits per heavy atom. The summed E-state index contributed by atoms with van der Waals surface area (Å²) in [5, 5.41) is 9.50. The highest BCUT2D eigenvalue weighted by Gasteiger charge is 2.41. The molecule has 2 aromatic rings. The van der Waals surface area contributed by atoms with Gasteiger partial charge >= 0.3 is 0 Å². The number of piperidine rings is 2. The summed E-state index contributed by atoms with van der Waals surface area (Å²) < 4.78 is 0. The van der Waals surface area contributed by atoms with Gasteiger partial charge in [-0.25, -0.2) is 0 Å². The van der Waals surface area contributed by atoms with E-state index in [9.17, 15) is 9.90 Å². The first kappa shape index (κ1) is 20.1. The molecule has 0 saturated carbocycles. The van der Waals surface area contributed by atoms with E-state index in [0.717, 1.165) is 52.0 Å². The number of carbonyl (C=O) groups excluding carboxylic acids is 1. The molecule has 0 radical (unpaired) electrons. The highest BCUT2D eigenvalue weighted by molar-refractivity contribution is 5.78. The van der Waals surface area contributed by atoms with Crippen molar-refractivity contribution in [3.63, 3.8) is 0 Å². The van der Waals surface area contributed by atoms with Crippen molar-refractivity contribution in [1.29, 1.82) is 0 Å². The fraction of sp³-hybridized carbons (Fsp3) is 0.480. The van der Waals surface area contributed by atoms with Gasteiger partial charge in [0.15, 0.2) is 0 Å². The fourth-order valence-electron chi connectivity index (χ4n) is 5.09. The number of benzene rings is 2. The van der Waals surface area contributed by atoms with Gasteiger partial charge in [0, 0.05) is 44.6 Å². The highest BCUT2D eigenvalue weighted by Crippen LogP contribution is 2.40. The fourth-order valence-corrected chi connectivity index (χ4v) is 5.09. The minimum absolute atomic E-state index is 0.147. The lowest BCUT2D eigenvalue weighted by Crippen LogP contribution is -2.52. The number of carbonyl (C=O) groups is 1. The smallest absolute Gasteiger partial charge is 0.222 e. The van der Waals surface area contributed by atoms with Gasteiger partial charge in [-0.1, -0.05) is 60.7 Å². The molecule has 4 nitrogen and oxygen atoms in total. The van der Waals surface area contributed by atoms with Crippen molar-refractivity contribution < 1.29 is 9.90 Å². The Kier molecular flexibility index (Phi) is 6.31. The molecule has 0 aromatic heterocycles. The second-order valence-corrected chi connectivity index (χ2v) is 8.62. The second-order valence-electron chi connectivity index (χ2n) is 8.62. The third-order valence-corrected chi connectivity index (χ3v) is 6.78. The molecule has 4 heteroatoms. The molecule has 2 aliphatic rings. The molecule has 2 heterocycles. The van der Waals surface area contributed by atoms with Crippen LogP contribution < -0.4 is 0 Å². The molecule has 154 valence electrons. The van der Waals surface area contributed by atoms with Gasteiger partial charge in [-0.2, -0.15) is 0 Å². The van der Waals surface area contributed by atoms with E-state index in [1.165, 1.54) is 11.1 Å². The summed E-state index contributed by atoms with van der Waals surface area (Å²) in [4.78, 5) is 17.3. The summed E-state index contributed by atoms with van der Waals surface area (Å²) in [5.41, 5.74) is 2.44. The van der Waals surface area contributed by atoms with Crippen LogP contribution >= 0.6 is 0 Å². The number of rotatable bonds is 6. The molecule has 1 amide bonds. The molecule has 1 atom stereocenters. The molecule has 2 saturated heterocycles. The zero-order chi connectivity index (χ0) is 20.1. The van der Waals surface area contributed by atoms with Gasteiger partial charge in [-0.3, -0.25) is 4.79 Å². The normalized spacial score (nSPS) is 22.6. The summed E-state index contributed by atoms with van der Waals surface area (Å²) in [5.74, 6) is 0.650. The van der Waals surface area contributed by atoms with E-state index in [-0.39, 0.29) is 17.9 Å². The standard InChI is InChI=1S/C25H32N2O2/c28-19-21-8-7-15-26(18-21)16-17-27-20-25(14-13-24(27)29,22-9-3-1-4-10-22)23-11-5-2-6-12-23/h1-6,9-12,21,28H,7-8,13-20H2. The quantitative estimate of drug-likeness (QED) is 0.820. The molecule has 0 spiro atoms. The first-order chi connectivity index (χ1) is 14.2. The van der Waals surface area contributed by atoms with E-state index in [4.69, 9.17) is 0 Å². The average molecular weight is 393 g/mol. The molecule has 1 N–H and O–H groups in total. The van der Waals surface area contributed by atoms with E-state index in [0.29, 0.717) is 12.3 Å². The third-order valence-electron chi connectivity index (χ3n) is 6.78. The zero-order valence-corrected chi connectivity index (χ0v) is 17.2. The number of likely N-dealkylation sites (tertiary alicyclic amines) is 2. The summed E-state index contributed by atoms with van der Waals surface area (Å²) >= 11 is 0. The Bertz CT molecular complexity index is 753. The lowest BCUT2D eigenvalue weighted by Gasteiger charge is -2.44. The zero-order valence-electron chi connectivity index (χ0n) is 17.2. The molecular formula is C25H32N2O2. The topological polar surface area (TPSA) is 43.8 Å². The summed E-state index contributed by atoms with van der Waals surface area (Å²) in [6.07, 6.45) is 3.69. The SMILES string of the molecule is O=C1CCC(c2ccccc2)(c2ccccc2)CN1CCN1CCCC(CO)C1. The van der Waals surface area contributed by atoms with Gasteiger partial charge in [0.1, 0.15) is 0 Å². The van der Waals surface area contributed by atoms with Gasteiger partial charge in [0.05, 0.1) is 0 Å². The molecule has 1 unspecified atom stereocenters. The summed E-state index contributed by atoms with van der Waals surface area (Å²) in [7, 11) is 0. The van der Waals surface area contributed by atoms with Crippen molar-refractivity contribution in [2.75, 3.05) is 39.3 Å². The lowest BCUT2D eigenvalue weighted by molar-refractivity contribution is -0.135. The van der Waals surface area contributed by atoms with Crippen LogP contribution in [0.3, 0.4) is 0 Å². The average Bonchev–Trinajstić information content (AvgIpc) is 2.80. The number of amides is 1. The summed E-state index contributed by atoms with van der Waals surface area (Å²) in [6, 6.07) is 21.3. The predicted molar refractivity (Wildman–Crippen MR) is 116 cm³/mol. The van der Waals surface area contributed by atoms with Crippen LogP contribution in [0.15, 0.2) is 60.7 Å². The first-order valence-corrected chi connectivity index (χ1v) is 10.9. The van der Waals surface area contributed by atoms with Crippen LogP contribution in [-0.4, -0.2) is 60.1 Å². The molecule has 29 heavy (non-hydrogen) atoms.